The maximum Gasteiger partial charge on any atom is 0.195 e. The van der Waals surface area contributed by atoms with Gasteiger partial charge in [0.15, 0.2) is 22.8 Å². The fraction of sp³-hybridized carbons (Fsp3) is 0.167. The molecule has 0 unspecified atom stereocenters. The van der Waals surface area contributed by atoms with Gasteiger partial charge in [-0.05, 0) is 18.2 Å². The number of aromatic nitrogens is 8. The lowest BCUT2D eigenvalue weighted by Gasteiger charge is -2.15. The van der Waals surface area contributed by atoms with Crippen molar-refractivity contribution in [3.63, 3.8) is 0 Å². The first-order valence-electron chi connectivity index (χ1n) is 10.9. The summed E-state index contributed by atoms with van der Waals surface area (Å²) >= 11 is 0. The van der Waals surface area contributed by atoms with Crippen molar-refractivity contribution in [2.24, 2.45) is 10.2 Å². The molecule has 0 aliphatic heterocycles. The molecule has 4 aromatic heterocycles. The van der Waals surface area contributed by atoms with Crippen molar-refractivity contribution >= 4 is 33.7 Å². The van der Waals surface area contributed by atoms with Gasteiger partial charge in [-0.25, -0.2) is 4.52 Å². The van der Waals surface area contributed by atoms with Crippen LogP contribution < -0.4 is 0 Å². The molecule has 0 spiro atoms. The molecule has 0 aliphatic rings. The van der Waals surface area contributed by atoms with Crippen LogP contribution in [-0.2, 0) is 5.41 Å². The van der Waals surface area contributed by atoms with Crippen LogP contribution in [0, 0.1) is 11.3 Å². The van der Waals surface area contributed by atoms with Crippen LogP contribution in [-0.4, -0.2) is 39.6 Å². The van der Waals surface area contributed by atoms with Crippen molar-refractivity contribution in [3.8, 4) is 17.5 Å². The van der Waals surface area contributed by atoms with Crippen LogP contribution in [0.3, 0.4) is 0 Å². The molecule has 0 radical (unpaired) electrons. The molecule has 0 bridgehead atoms. The third kappa shape index (κ3) is 3.39. The molecule has 11 heteroatoms. The zero-order chi connectivity index (χ0) is 24.2. The molecule has 4 heterocycles. The van der Waals surface area contributed by atoms with Gasteiger partial charge in [-0.2, -0.15) is 20.6 Å². The van der Waals surface area contributed by atoms with E-state index in [1.165, 1.54) is 6.20 Å². The second-order valence-corrected chi connectivity index (χ2v) is 9.10. The third-order valence-corrected chi connectivity index (χ3v) is 5.60. The zero-order valence-corrected chi connectivity index (χ0v) is 19.2. The molecule has 35 heavy (non-hydrogen) atoms. The van der Waals surface area contributed by atoms with Crippen LogP contribution in [0.15, 0.2) is 65.0 Å². The Balaban J connectivity index is 1.47. The summed E-state index contributed by atoms with van der Waals surface area (Å²) < 4.78 is 3.16. The van der Waals surface area contributed by atoms with Crippen molar-refractivity contribution in [1.82, 2.24) is 39.6 Å². The molecule has 0 saturated heterocycles. The number of benzene rings is 2. The number of nitrogens with one attached hydrogen (secondary N) is 1. The van der Waals surface area contributed by atoms with E-state index in [2.05, 4.69) is 62.4 Å². The average Bonchev–Trinajstić information content (AvgIpc) is 3.55. The van der Waals surface area contributed by atoms with Crippen LogP contribution in [0.1, 0.15) is 32.0 Å². The Morgan fingerprint density at radius 1 is 1.00 bits per heavy atom. The Morgan fingerprint density at radius 3 is 2.60 bits per heavy atom. The first kappa shape index (κ1) is 20.6. The molecule has 1 N–H and O–H groups in total. The topological polar surface area (TPSA) is 138 Å². The zero-order valence-electron chi connectivity index (χ0n) is 19.2. The number of hydrogen-bond donors (Lipinski definition) is 1. The summed E-state index contributed by atoms with van der Waals surface area (Å²) in [7, 11) is 0. The molecule has 0 saturated carbocycles. The minimum absolute atomic E-state index is 0.274. The Morgan fingerprint density at radius 2 is 1.83 bits per heavy atom. The van der Waals surface area contributed by atoms with Gasteiger partial charge in [0.25, 0.3) is 0 Å². The monoisotopic (exact) mass is 461 g/mol. The van der Waals surface area contributed by atoms with E-state index in [9.17, 15) is 5.26 Å². The highest BCUT2D eigenvalue weighted by atomic mass is 15.5. The number of fused-ring (bicyclic) bond motifs is 4. The standard InChI is InChI=1S/C24H19N11/c1-24(2,3)20-19(23-27-21(33-35(23)32-20)14-7-5-4-6-8-14)30-28-16-9-10-17-18(11-16)34-22(31-29-17)15(12-25)13-26-34/h4-11,13H,1-3H3,(H,27,33)/b30-28+. The van der Waals surface area contributed by atoms with E-state index in [1.807, 2.05) is 36.4 Å². The minimum atomic E-state index is -0.274. The normalized spacial score (nSPS) is 12.3. The first-order valence-corrected chi connectivity index (χ1v) is 10.9. The fourth-order valence-electron chi connectivity index (χ4n) is 3.87. The lowest BCUT2D eigenvalue weighted by Crippen LogP contribution is -2.12. The van der Waals surface area contributed by atoms with Gasteiger partial charge in [0.2, 0.25) is 0 Å². The van der Waals surface area contributed by atoms with Crippen LogP contribution in [0.2, 0.25) is 0 Å². The van der Waals surface area contributed by atoms with E-state index in [0.29, 0.717) is 45.1 Å². The molecule has 0 fully saturated rings. The second kappa shape index (κ2) is 7.53. The SMILES string of the molecule is CC(C)(C)c1nn2nc(-c3ccccc3)[nH]c2c1/N=N/c1ccc2nnc3c(C#N)cnn3c2c1. The third-order valence-electron chi connectivity index (χ3n) is 5.60. The molecule has 6 aromatic rings. The van der Waals surface area contributed by atoms with Crippen LogP contribution in [0.5, 0.6) is 0 Å². The lowest BCUT2D eigenvalue weighted by molar-refractivity contribution is 0.557. The van der Waals surface area contributed by atoms with Gasteiger partial charge < -0.3 is 4.98 Å². The van der Waals surface area contributed by atoms with Crippen LogP contribution >= 0.6 is 0 Å². The number of azo groups is 1. The summed E-state index contributed by atoms with van der Waals surface area (Å²) in [6.07, 6.45) is 1.47. The Kier molecular flexibility index (Phi) is 4.43. The highest BCUT2D eigenvalue weighted by Gasteiger charge is 2.26. The molecular formula is C24H19N11. The maximum atomic E-state index is 9.27. The first-order chi connectivity index (χ1) is 16.9. The summed E-state index contributed by atoms with van der Waals surface area (Å²) in [6.45, 7) is 6.21. The summed E-state index contributed by atoms with van der Waals surface area (Å²) in [5, 5.41) is 40.3. The quantitative estimate of drug-likeness (QED) is 0.372. The van der Waals surface area contributed by atoms with Gasteiger partial charge in [0.05, 0.1) is 23.1 Å². The number of rotatable bonds is 3. The van der Waals surface area contributed by atoms with Gasteiger partial charge >= 0.3 is 0 Å². The van der Waals surface area contributed by atoms with Crippen molar-refractivity contribution < 1.29 is 0 Å². The molecule has 0 aliphatic carbocycles. The molecule has 170 valence electrons. The van der Waals surface area contributed by atoms with E-state index in [-0.39, 0.29) is 5.41 Å². The van der Waals surface area contributed by atoms with Gasteiger partial charge in [0, 0.05) is 11.0 Å². The van der Waals surface area contributed by atoms with Gasteiger partial charge in [0.1, 0.15) is 17.1 Å². The van der Waals surface area contributed by atoms with Gasteiger partial charge in [-0.1, -0.05) is 51.1 Å². The molecule has 0 atom stereocenters. The highest BCUT2D eigenvalue weighted by molar-refractivity contribution is 5.80. The summed E-state index contributed by atoms with van der Waals surface area (Å²) in [5.41, 5.74) is 5.41. The molecule has 11 nitrogen and oxygen atoms in total. The number of hydrogen-bond acceptors (Lipinski definition) is 8. The Labute approximate surface area is 198 Å². The lowest BCUT2D eigenvalue weighted by atomic mass is 9.91. The summed E-state index contributed by atoms with van der Waals surface area (Å²) in [6, 6.07) is 17.3. The van der Waals surface area contributed by atoms with Gasteiger partial charge in [-0.15, -0.1) is 25.0 Å². The molecule has 6 rings (SSSR count). The van der Waals surface area contributed by atoms with Gasteiger partial charge in [-0.3, -0.25) is 0 Å². The van der Waals surface area contributed by atoms with Crippen molar-refractivity contribution in [3.05, 3.63) is 66.0 Å². The fourth-order valence-corrected chi connectivity index (χ4v) is 3.87. The van der Waals surface area contributed by atoms with E-state index in [1.54, 1.807) is 21.3 Å². The average molecular weight is 461 g/mol. The summed E-state index contributed by atoms with van der Waals surface area (Å²) in [5.74, 6) is 0.698. The predicted molar refractivity (Wildman–Crippen MR) is 129 cm³/mol. The number of nitriles is 1. The minimum Gasteiger partial charge on any atom is -0.320 e. The second-order valence-electron chi connectivity index (χ2n) is 9.10. The molecule has 2 aromatic carbocycles. The molecule has 0 amide bonds. The predicted octanol–water partition coefficient (Wildman–Crippen LogP) is 4.90. The Bertz CT molecular complexity index is 1790. The highest BCUT2D eigenvalue weighted by Crippen LogP contribution is 2.35. The van der Waals surface area contributed by atoms with Crippen molar-refractivity contribution in [2.75, 3.05) is 0 Å². The van der Waals surface area contributed by atoms with Crippen molar-refractivity contribution in [1.29, 1.82) is 5.26 Å². The van der Waals surface area contributed by atoms with E-state index in [0.717, 1.165) is 11.3 Å². The Hall–Kier alpha value is -4.98. The van der Waals surface area contributed by atoms with Crippen molar-refractivity contribution in [2.45, 2.75) is 26.2 Å². The smallest absolute Gasteiger partial charge is 0.195 e. The number of nitrogens with zero attached hydrogens (tertiary/aromatic N) is 10. The maximum absolute atomic E-state index is 9.27. The summed E-state index contributed by atoms with van der Waals surface area (Å²) in [4.78, 5) is 3.34. The van der Waals surface area contributed by atoms with E-state index >= 15 is 0 Å². The number of aromatic amines is 1. The van der Waals surface area contributed by atoms with E-state index < -0.39 is 0 Å². The van der Waals surface area contributed by atoms with E-state index in [4.69, 9.17) is 5.10 Å². The van der Waals surface area contributed by atoms with Crippen LogP contribution in [0.25, 0.3) is 33.7 Å². The molecular weight excluding hydrogens is 442 g/mol. The largest absolute Gasteiger partial charge is 0.320 e. The number of H-pyrrole nitrogens is 1. The van der Waals surface area contributed by atoms with Crippen LogP contribution in [0.4, 0.5) is 11.4 Å².